The van der Waals surface area contributed by atoms with Crippen molar-refractivity contribution in [2.24, 2.45) is 0 Å². The van der Waals surface area contributed by atoms with Gasteiger partial charge in [-0.1, -0.05) is 0 Å². The molecule has 0 atom stereocenters. The first-order valence-corrected chi connectivity index (χ1v) is 12.2. The Morgan fingerprint density at radius 1 is 1.20 bits per heavy atom. The minimum Gasteiger partial charge on any atom is -0.467 e. The fraction of sp³-hybridized carbons (Fsp3) is 0.400. The molecule has 0 radical (unpaired) electrons. The molecule has 0 unspecified atom stereocenters. The van der Waals surface area contributed by atoms with E-state index in [-0.39, 0.29) is 36.2 Å². The van der Waals surface area contributed by atoms with Crippen LogP contribution in [0.15, 0.2) is 50.8 Å². The second kappa shape index (κ2) is 8.83. The zero-order valence-electron chi connectivity index (χ0n) is 16.4. The standard InChI is InChI=1S/C20H23N3O5S2/c24-19(21-13-15-4-3-10-28-15)14-23-17-12-16(30(26,27)22-8-1-2-9-22)5-6-18(17)29-11-7-20(23)25/h3-6,10,12H,1-2,7-9,11,13-14H2,(H,21,24). The molecular weight excluding hydrogens is 426 g/mol. The van der Waals surface area contributed by atoms with Gasteiger partial charge in [-0.05, 0) is 43.2 Å². The summed E-state index contributed by atoms with van der Waals surface area (Å²) in [4.78, 5) is 27.5. The van der Waals surface area contributed by atoms with Gasteiger partial charge in [0.25, 0.3) is 0 Å². The van der Waals surface area contributed by atoms with E-state index in [1.807, 2.05) is 0 Å². The molecule has 1 fully saturated rings. The van der Waals surface area contributed by atoms with Crippen LogP contribution in [-0.2, 0) is 26.2 Å². The van der Waals surface area contributed by atoms with Gasteiger partial charge in [0.1, 0.15) is 12.3 Å². The van der Waals surface area contributed by atoms with Crippen molar-refractivity contribution in [2.75, 3.05) is 30.3 Å². The van der Waals surface area contributed by atoms with Gasteiger partial charge in [-0.15, -0.1) is 11.8 Å². The maximum Gasteiger partial charge on any atom is 0.243 e. The maximum absolute atomic E-state index is 13.0. The summed E-state index contributed by atoms with van der Waals surface area (Å²) in [6, 6.07) is 8.33. The highest BCUT2D eigenvalue weighted by molar-refractivity contribution is 7.99. The number of nitrogens with zero attached hydrogens (tertiary/aromatic N) is 2. The first-order chi connectivity index (χ1) is 14.4. The zero-order chi connectivity index (χ0) is 21.1. The number of benzene rings is 1. The van der Waals surface area contributed by atoms with Crippen LogP contribution in [-0.4, -0.2) is 49.9 Å². The number of fused-ring (bicyclic) bond motifs is 1. The molecule has 0 saturated carbocycles. The number of nitrogens with one attached hydrogen (secondary N) is 1. The molecule has 30 heavy (non-hydrogen) atoms. The molecule has 2 aliphatic heterocycles. The Labute approximate surface area is 179 Å². The maximum atomic E-state index is 13.0. The zero-order valence-corrected chi connectivity index (χ0v) is 18.0. The number of rotatable bonds is 6. The summed E-state index contributed by atoms with van der Waals surface area (Å²) in [7, 11) is -3.62. The van der Waals surface area contributed by atoms with E-state index in [0.717, 1.165) is 17.7 Å². The van der Waals surface area contributed by atoms with E-state index in [2.05, 4.69) is 5.32 Å². The summed E-state index contributed by atoms with van der Waals surface area (Å²) in [6.45, 7) is 1.05. The molecule has 1 aromatic carbocycles. The number of thioether (sulfide) groups is 1. The Hall–Kier alpha value is -2.30. The second-order valence-electron chi connectivity index (χ2n) is 7.18. The summed E-state index contributed by atoms with van der Waals surface area (Å²) in [5.74, 6) is 0.644. The van der Waals surface area contributed by atoms with Crippen LogP contribution < -0.4 is 10.2 Å². The minimum atomic E-state index is -3.62. The van der Waals surface area contributed by atoms with Crippen molar-refractivity contribution in [3.8, 4) is 0 Å². The first-order valence-electron chi connectivity index (χ1n) is 9.81. The molecule has 0 aliphatic carbocycles. The highest BCUT2D eigenvalue weighted by Crippen LogP contribution is 2.36. The Kier molecular flexibility index (Phi) is 6.16. The molecule has 4 rings (SSSR count). The molecule has 2 aliphatic rings. The average molecular weight is 450 g/mol. The quantitative estimate of drug-likeness (QED) is 0.726. The van der Waals surface area contributed by atoms with E-state index in [0.29, 0.717) is 30.3 Å². The Morgan fingerprint density at radius 2 is 2.00 bits per heavy atom. The van der Waals surface area contributed by atoms with Gasteiger partial charge in [0.05, 0.1) is 23.4 Å². The number of hydrogen-bond acceptors (Lipinski definition) is 6. The number of anilines is 1. The predicted octanol–water partition coefficient (Wildman–Crippen LogP) is 2.21. The van der Waals surface area contributed by atoms with Gasteiger partial charge in [-0.3, -0.25) is 9.59 Å². The summed E-state index contributed by atoms with van der Waals surface area (Å²) in [6.07, 6.45) is 3.50. The predicted molar refractivity (Wildman–Crippen MR) is 113 cm³/mol. The largest absolute Gasteiger partial charge is 0.467 e. The third kappa shape index (κ3) is 4.40. The van der Waals surface area contributed by atoms with Crippen LogP contribution >= 0.6 is 11.8 Å². The molecule has 2 amide bonds. The number of amides is 2. The van der Waals surface area contributed by atoms with Crippen molar-refractivity contribution in [1.82, 2.24) is 9.62 Å². The van der Waals surface area contributed by atoms with Gasteiger partial charge in [0.2, 0.25) is 21.8 Å². The topological polar surface area (TPSA) is 99.9 Å². The van der Waals surface area contributed by atoms with Crippen LogP contribution in [0.25, 0.3) is 0 Å². The third-order valence-corrected chi connectivity index (χ3v) is 8.10. The van der Waals surface area contributed by atoms with E-state index in [1.54, 1.807) is 24.3 Å². The number of furan rings is 1. The van der Waals surface area contributed by atoms with Crippen molar-refractivity contribution in [1.29, 1.82) is 0 Å². The lowest BCUT2D eigenvalue weighted by Crippen LogP contribution is -2.40. The number of hydrogen-bond donors (Lipinski definition) is 1. The molecule has 10 heteroatoms. The van der Waals surface area contributed by atoms with Crippen LogP contribution in [0.1, 0.15) is 25.0 Å². The molecule has 0 bridgehead atoms. The molecule has 1 saturated heterocycles. The van der Waals surface area contributed by atoms with Crippen molar-refractivity contribution in [3.05, 3.63) is 42.4 Å². The molecule has 160 valence electrons. The monoisotopic (exact) mass is 449 g/mol. The minimum absolute atomic E-state index is 0.152. The van der Waals surface area contributed by atoms with E-state index in [1.165, 1.54) is 33.3 Å². The lowest BCUT2D eigenvalue weighted by molar-refractivity contribution is -0.123. The lowest BCUT2D eigenvalue weighted by atomic mass is 10.2. The highest BCUT2D eigenvalue weighted by atomic mass is 32.2. The van der Waals surface area contributed by atoms with Gasteiger partial charge in [0, 0.05) is 30.2 Å². The smallest absolute Gasteiger partial charge is 0.243 e. The summed E-state index contributed by atoms with van der Waals surface area (Å²) < 4.78 is 32.6. The molecule has 1 aromatic heterocycles. The van der Waals surface area contributed by atoms with Gasteiger partial charge >= 0.3 is 0 Å². The molecular formula is C20H23N3O5S2. The van der Waals surface area contributed by atoms with Crippen molar-refractivity contribution < 1.29 is 22.4 Å². The van der Waals surface area contributed by atoms with Crippen LogP contribution in [0, 0.1) is 0 Å². The Balaban J connectivity index is 1.58. The van der Waals surface area contributed by atoms with E-state index in [9.17, 15) is 18.0 Å². The molecule has 0 spiro atoms. The van der Waals surface area contributed by atoms with Crippen LogP contribution in [0.4, 0.5) is 5.69 Å². The van der Waals surface area contributed by atoms with Crippen LogP contribution in [0.3, 0.4) is 0 Å². The van der Waals surface area contributed by atoms with Gasteiger partial charge in [0.15, 0.2) is 0 Å². The van der Waals surface area contributed by atoms with Gasteiger partial charge in [-0.25, -0.2) is 8.42 Å². The van der Waals surface area contributed by atoms with Crippen molar-refractivity contribution in [2.45, 2.75) is 35.6 Å². The van der Waals surface area contributed by atoms with Gasteiger partial charge < -0.3 is 14.6 Å². The number of carbonyl (C=O) groups excluding carboxylic acids is 2. The fourth-order valence-corrected chi connectivity index (χ4v) is 6.07. The number of sulfonamides is 1. The van der Waals surface area contributed by atoms with Crippen LogP contribution in [0.5, 0.6) is 0 Å². The fourth-order valence-electron chi connectivity index (χ4n) is 3.56. The van der Waals surface area contributed by atoms with Crippen molar-refractivity contribution in [3.63, 3.8) is 0 Å². The molecule has 2 aromatic rings. The second-order valence-corrected chi connectivity index (χ2v) is 10.2. The SMILES string of the molecule is O=C(CN1C(=O)CCSc2ccc(S(=O)(=O)N3CCCC3)cc21)NCc1ccco1. The van der Waals surface area contributed by atoms with E-state index < -0.39 is 10.0 Å². The third-order valence-electron chi connectivity index (χ3n) is 5.14. The Bertz CT molecular complexity index is 1030. The molecule has 1 N–H and O–H groups in total. The summed E-state index contributed by atoms with van der Waals surface area (Å²) in [5.41, 5.74) is 0.468. The molecule has 8 nitrogen and oxygen atoms in total. The first kappa shape index (κ1) is 21.0. The summed E-state index contributed by atoms with van der Waals surface area (Å²) in [5, 5.41) is 2.73. The van der Waals surface area contributed by atoms with Crippen LogP contribution in [0.2, 0.25) is 0 Å². The molecule has 3 heterocycles. The number of carbonyl (C=O) groups is 2. The average Bonchev–Trinajstić information content (AvgIpc) is 3.42. The van der Waals surface area contributed by atoms with E-state index >= 15 is 0 Å². The normalized spacial score (nSPS) is 17.6. The van der Waals surface area contributed by atoms with Gasteiger partial charge in [-0.2, -0.15) is 4.31 Å². The highest BCUT2D eigenvalue weighted by Gasteiger charge is 2.30. The lowest BCUT2D eigenvalue weighted by Gasteiger charge is -2.23. The Morgan fingerprint density at radius 3 is 2.73 bits per heavy atom. The summed E-state index contributed by atoms with van der Waals surface area (Å²) >= 11 is 1.49. The van der Waals surface area contributed by atoms with Crippen molar-refractivity contribution >= 4 is 39.3 Å². The van der Waals surface area contributed by atoms with E-state index in [4.69, 9.17) is 4.42 Å².